The standard InChI is InChI=1S/C12H21NO3/c1-9-6-11(2)4-5-13(9)12(7-14,8-16-3)10(11)15/h9,14H,4-8H2,1-3H3/t9-,11+,12+/m0/s1. The molecule has 0 saturated carbocycles. The highest BCUT2D eigenvalue weighted by molar-refractivity contribution is 5.95. The highest BCUT2D eigenvalue weighted by Crippen LogP contribution is 2.47. The Balaban J connectivity index is 2.40. The summed E-state index contributed by atoms with van der Waals surface area (Å²) in [5, 5.41) is 9.65. The molecule has 92 valence electrons. The van der Waals surface area contributed by atoms with Gasteiger partial charge in [-0.15, -0.1) is 0 Å². The van der Waals surface area contributed by atoms with Crippen LogP contribution in [0.25, 0.3) is 0 Å². The first kappa shape index (κ1) is 12.0. The van der Waals surface area contributed by atoms with Crippen LogP contribution in [-0.4, -0.2) is 54.2 Å². The smallest absolute Gasteiger partial charge is 0.163 e. The molecule has 0 radical (unpaired) electrons. The first-order chi connectivity index (χ1) is 7.50. The van der Waals surface area contributed by atoms with E-state index in [-0.39, 0.29) is 17.8 Å². The van der Waals surface area contributed by atoms with E-state index in [4.69, 9.17) is 4.74 Å². The Morgan fingerprint density at radius 3 is 2.81 bits per heavy atom. The molecule has 3 rings (SSSR count). The summed E-state index contributed by atoms with van der Waals surface area (Å²) in [7, 11) is 1.58. The average molecular weight is 227 g/mol. The number of fused-ring (bicyclic) bond motifs is 3. The minimum absolute atomic E-state index is 0.139. The molecule has 0 spiro atoms. The monoisotopic (exact) mass is 227 g/mol. The second-order valence-electron chi connectivity index (χ2n) is 5.51. The minimum atomic E-state index is -0.792. The van der Waals surface area contributed by atoms with Crippen molar-refractivity contribution in [2.45, 2.75) is 38.3 Å². The van der Waals surface area contributed by atoms with Crippen molar-refractivity contribution in [1.29, 1.82) is 0 Å². The lowest BCUT2D eigenvalue weighted by atomic mass is 9.62. The highest BCUT2D eigenvalue weighted by atomic mass is 16.5. The fourth-order valence-electron chi connectivity index (χ4n) is 3.58. The molecule has 0 aromatic heterocycles. The Hall–Kier alpha value is -0.450. The number of piperidine rings is 3. The summed E-state index contributed by atoms with van der Waals surface area (Å²) in [5.41, 5.74) is -1.06. The van der Waals surface area contributed by atoms with Crippen LogP contribution in [0.5, 0.6) is 0 Å². The van der Waals surface area contributed by atoms with E-state index in [1.807, 2.05) is 6.92 Å². The first-order valence-corrected chi connectivity index (χ1v) is 5.92. The summed E-state index contributed by atoms with van der Waals surface area (Å²) in [4.78, 5) is 14.6. The number of carbonyl (C=O) groups excluding carboxylic acids is 1. The van der Waals surface area contributed by atoms with Crippen LogP contribution < -0.4 is 0 Å². The van der Waals surface area contributed by atoms with Gasteiger partial charge in [-0.3, -0.25) is 9.69 Å². The quantitative estimate of drug-likeness (QED) is 0.760. The van der Waals surface area contributed by atoms with Gasteiger partial charge in [-0.2, -0.15) is 0 Å². The molecular formula is C12H21NO3. The van der Waals surface area contributed by atoms with Crippen molar-refractivity contribution < 1.29 is 14.6 Å². The van der Waals surface area contributed by atoms with Gasteiger partial charge in [-0.25, -0.2) is 0 Å². The number of ether oxygens (including phenoxy) is 1. The number of ketones is 1. The van der Waals surface area contributed by atoms with E-state index in [1.54, 1.807) is 7.11 Å². The van der Waals surface area contributed by atoms with Crippen molar-refractivity contribution in [2.75, 3.05) is 26.9 Å². The summed E-state index contributed by atoms with van der Waals surface area (Å²) in [6, 6.07) is 0.346. The molecule has 16 heavy (non-hydrogen) atoms. The fraction of sp³-hybridized carbons (Fsp3) is 0.917. The molecule has 1 unspecified atom stereocenters. The molecule has 0 aromatic rings. The molecule has 4 nitrogen and oxygen atoms in total. The van der Waals surface area contributed by atoms with Crippen molar-refractivity contribution in [1.82, 2.24) is 4.90 Å². The number of rotatable bonds is 3. The molecule has 1 N–H and O–H groups in total. The van der Waals surface area contributed by atoms with Gasteiger partial charge in [0, 0.05) is 25.1 Å². The molecule has 4 heteroatoms. The predicted octanol–water partition coefficient (Wildman–Crippen LogP) is 0.437. The maximum atomic E-state index is 12.5. The molecule has 2 bridgehead atoms. The number of aliphatic hydroxyl groups is 1. The summed E-state index contributed by atoms with van der Waals surface area (Å²) in [5.74, 6) is 0.161. The summed E-state index contributed by atoms with van der Waals surface area (Å²) in [6.45, 7) is 5.20. The summed E-state index contributed by atoms with van der Waals surface area (Å²) in [6.07, 6.45) is 1.80. The fourth-order valence-corrected chi connectivity index (χ4v) is 3.58. The second-order valence-corrected chi connectivity index (χ2v) is 5.51. The largest absolute Gasteiger partial charge is 0.394 e. The van der Waals surface area contributed by atoms with Crippen LogP contribution in [0.2, 0.25) is 0 Å². The SMILES string of the molecule is COC[C@]1(CO)C(=O)[C@]2(C)CCN1[C@@H](C)C2. The normalized spacial score (nSPS) is 47.4. The number of hydrogen-bond donors (Lipinski definition) is 1. The van der Waals surface area contributed by atoms with E-state index in [2.05, 4.69) is 11.8 Å². The molecule has 0 aromatic carbocycles. The molecule has 0 aliphatic carbocycles. The number of nitrogens with zero attached hydrogens (tertiary/aromatic N) is 1. The molecule has 3 heterocycles. The molecule has 3 fully saturated rings. The lowest BCUT2D eigenvalue weighted by Gasteiger charge is -2.59. The van der Waals surface area contributed by atoms with Crippen LogP contribution in [0.3, 0.4) is 0 Å². The molecule has 3 saturated heterocycles. The van der Waals surface area contributed by atoms with Crippen molar-refractivity contribution in [3.63, 3.8) is 0 Å². The second kappa shape index (κ2) is 3.79. The van der Waals surface area contributed by atoms with E-state index in [0.29, 0.717) is 12.6 Å². The van der Waals surface area contributed by atoms with Gasteiger partial charge in [0.15, 0.2) is 5.78 Å². The third kappa shape index (κ3) is 1.36. The van der Waals surface area contributed by atoms with Gasteiger partial charge in [0.25, 0.3) is 0 Å². The van der Waals surface area contributed by atoms with E-state index < -0.39 is 5.54 Å². The molecular weight excluding hydrogens is 206 g/mol. The van der Waals surface area contributed by atoms with E-state index in [0.717, 1.165) is 19.4 Å². The lowest BCUT2D eigenvalue weighted by Crippen LogP contribution is -2.74. The van der Waals surface area contributed by atoms with Gasteiger partial charge >= 0.3 is 0 Å². The van der Waals surface area contributed by atoms with Crippen LogP contribution >= 0.6 is 0 Å². The van der Waals surface area contributed by atoms with Crippen LogP contribution in [0.15, 0.2) is 0 Å². The van der Waals surface area contributed by atoms with Gasteiger partial charge in [-0.1, -0.05) is 6.92 Å². The number of carbonyl (C=O) groups is 1. The third-order valence-corrected chi connectivity index (χ3v) is 4.35. The number of Topliss-reactive ketones (excluding diaryl/α,β-unsaturated/α-hetero) is 1. The molecule has 3 aliphatic heterocycles. The van der Waals surface area contributed by atoms with E-state index >= 15 is 0 Å². The first-order valence-electron chi connectivity index (χ1n) is 5.92. The van der Waals surface area contributed by atoms with Gasteiger partial charge < -0.3 is 9.84 Å². The lowest BCUT2D eigenvalue weighted by molar-refractivity contribution is -0.177. The Morgan fingerprint density at radius 1 is 1.62 bits per heavy atom. The average Bonchev–Trinajstić information content (AvgIpc) is 2.24. The van der Waals surface area contributed by atoms with Crippen LogP contribution in [0.4, 0.5) is 0 Å². The highest BCUT2D eigenvalue weighted by Gasteiger charge is 2.60. The Morgan fingerprint density at radius 2 is 2.31 bits per heavy atom. The van der Waals surface area contributed by atoms with Crippen LogP contribution in [-0.2, 0) is 9.53 Å². The maximum absolute atomic E-state index is 12.5. The zero-order valence-corrected chi connectivity index (χ0v) is 10.3. The third-order valence-electron chi connectivity index (χ3n) is 4.35. The summed E-state index contributed by atoms with van der Waals surface area (Å²) >= 11 is 0. The van der Waals surface area contributed by atoms with Crippen molar-refractivity contribution in [3.05, 3.63) is 0 Å². The van der Waals surface area contributed by atoms with Gasteiger partial charge in [0.1, 0.15) is 5.54 Å². The molecule has 0 amide bonds. The topological polar surface area (TPSA) is 49.8 Å². The van der Waals surface area contributed by atoms with Crippen molar-refractivity contribution in [3.8, 4) is 0 Å². The van der Waals surface area contributed by atoms with Crippen molar-refractivity contribution >= 4 is 5.78 Å². The van der Waals surface area contributed by atoms with Crippen molar-refractivity contribution in [2.24, 2.45) is 5.41 Å². The van der Waals surface area contributed by atoms with E-state index in [9.17, 15) is 9.90 Å². The van der Waals surface area contributed by atoms with Crippen LogP contribution in [0, 0.1) is 5.41 Å². The van der Waals surface area contributed by atoms with Crippen LogP contribution in [0.1, 0.15) is 26.7 Å². The Labute approximate surface area is 96.6 Å². The Kier molecular flexibility index (Phi) is 2.85. The predicted molar refractivity (Wildman–Crippen MR) is 60.2 cm³/mol. The summed E-state index contributed by atoms with van der Waals surface area (Å²) < 4.78 is 5.17. The Bertz CT molecular complexity index is 307. The zero-order chi connectivity index (χ0) is 12.0. The van der Waals surface area contributed by atoms with Gasteiger partial charge in [0.2, 0.25) is 0 Å². The zero-order valence-electron chi connectivity index (χ0n) is 10.3. The number of aliphatic hydroxyl groups excluding tert-OH is 1. The number of hydrogen-bond acceptors (Lipinski definition) is 4. The molecule has 4 atom stereocenters. The van der Waals surface area contributed by atoms with Gasteiger partial charge in [0.05, 0.1) is 13.2 Å². The molecule has 3 aliphatic rings. The maximum Gasteiger partial charge on any atom is 0.163 e. The van der Waals surface area contributed by atoms with Gasteiger partial charge in [-0.05, 0) is 19.8 Å². The van der Waals surface area contributed by atoms with E-state index in [1.165, 1.54) is 0 Å². The minimum Gasteiger partial charge on any atom is -0.394 e. The number of methoxy groups -OCH3 is 1.